The molecule has 0 aliphatic rings. The van der Waals surface area contributed by atoms with Crippen LogP contribution in [0.5, 0.6) is 0 Å². The van der Waals surface area contributed by atoms with E-state index in [-0.39, 0.29) is 5.05 Å². The molecule has 0 saturated heterocycles. The van der Waals surface area contributed by atoms with Crippen LogP contribution in [0.15, 0.2) is 36.4 Å². The average Bonchev–Trinajstić information content (AvgIpc) is 2.51. The van der Waals surface area contributed by atoms with Crippen LogP contribution in [0.2, 0.25) is 0 Å². The number of hydrogen-bond acceptors (Lipinski definition) is 3. The summed E-state index contributed by atoms with van der Waals surface area (Å²) < 4.78 is 11.5. The molecule has 0 amide bonds. The first-order valence-corrected chi connectivity index (χ1v) is 8.37. The fourth-order valence-electron chi connectivity index (χ4n) is 2.66. The van der Waals surface area contributed by atoms with Crippen molar-refractivity contribution in [3.05, 3.63) is 69.8 Å². The lowest BCUT2D eigenvalue weighted by Crippen LogP contribution is -2.26. The molecule has 2 aromatic carbocycles. The predicted octanol–water partition coefficient (Wildman–Crippen LogP) is 4.87. The Morgan fingerprint density at radius 1 is 0.833 bits per heavy atom. The summed E-state index contributed by atoms with van der Waals surface area (Å²) in [6, 6.07) is 12.2. The molecule has 128 valence electrons. The molecule has 0 heterocycles. The highest BCUT2D eigenvalue weighted by Crippen LogP contribution is 2.18. The molecule has 3 nitrogen and oxygen atoms in total. The molecule has 1 N–H and O–H groups in total. The van der Waals surface area contributed by atoms with E-state index in [1.165, 1.54) is 0 Å². The van der Waals surface area contributed by atoms with Gasteiger partial charge in [0.15, 0.2) is 0 Å². The number of thiocarbonyl (C=S) groups is 1. The summed E-state index contributed by atoms with van der Waals surface area (Å²) in [6.45, 7) is 8.84. The van der Waals surface area contributed by atoms with E-state index in [9.17, 15) is 5.11 Å². The Balaban J connectivity index is 2.04. The van der Waals surface area contributed by atoms with Crippen molar-refractivity contribution >= 4 is 17.3 Å². The molecule has 0 unspecified atom stereocenters. The molecule has 0 saturated carbocycles. The molecule has 2 rings (SSSR count). The van der Waals surface area contributed by atoms with Crippen molar-refractivity contribution in [2.24, 2.45) is 0 Å². The van der Waals surface area contributed by atoms with Crippen LogP contribution in [0.25, 0.3) is 0 Å². The van der Waals surface area contributed by atoms with E-state index in [1.54, 1.807) is 0 Å². The van der Waals surface area contributed by atoms with Gasteiger partial charge in [-0.3, -0.25) is 0 Å². The number of rotatable bonds is 7. The smallest absolute Gasteiger partial charge is 0.228 e. The van der Waals surface area contributed by atoms with Crippen molar-refractivity contribution in [1.82, 2.24) is 0 Å². The van der Waals surface area contributed by atoms with Crippen LogP contribution < -0.4 is 0 Å². The quantitative estimate of drug-likeness (QED) is 0.575. The van der Waals surface area contributed by atoms with Crippen molar-refractivity contribution in [2.45, 2.75) is 47.2 Å². The SMILES string of the molecule is Cc1cccc(C)c1COC(OCc1c(C)cccc1C)C(O)=S. The van der Waals surface area contributed by atoms with E-state index >= 15 is 0 Å². The summed E-state index contributed by atoms with van der Waals surface area (Å²) >= 11 is 4.88. The van der Waals surface area contributed by atoms with Gasteiger partial charge in [0.2, 0.25) is 11.3 Å². The summed E-state index contributed by atoms with van der Waals surface area (Å²) in [4.78, 5) is 0. The van der Waals surface area contributed by atoms with E-state index in [0.717, 1.165) is 33.4 Å². The van der Waals surface area contributed by atoms with Crippen molar-refractivity contribution in [1.29, 1.82) is 0 Å². The van der Waals surface area contributed by atoms with E-state index in [0.29, 0.717) is 13.2 Å². The number of aliphatic hydroxyl groups is 1. The van der Waals surface area contributed by atoms with Gasteiger partial charge in [-0.2, -0.15) is 0 Å². The van der Waals surface area contributed by atoms with Gasteiger partial charge in [-0.15, -0.1) is 0 Å². The Hall–Kier alpha value is -1.75. The van der Waals surface area contributed by atoms with Crippen LogP contribution in [0.1, 0.15) is 33.4 Å². The Morgan fingerprint density at radius 2 is 1.17 bits per heavy atom. The summed E-state index contributed by atoms with van der Waals surface area (Å²) in [5, 5.41) is 9.44. The first-order valence-electron chi connectivity index (χ1n) is 7.96. The molecule has 4 heteroatoms. The zero-order valence-corrected chi connectivity index (χ0v) is 15.4. The molecule has 0 atom stereocenters. The number of aliphatic hydroxyl groups excluding tert-OH is 1. The van der Waals surface area contributed by atoms with Gasteiger partial charge in [0.05, 0.1) is 13.2 Å². The van der Waals surface area contributed by atoms with E-state index in [1.807, 2.05) is 64.1 Å². The zero-order valence-electron chi connectivity index (χ0n) is 14.6. The molecular weight excluding hydrogens is 320 g/mol. The minimum absolute atomic E-state index is 0.285. The molecule has 0 fully saturated rings. The second-order valence-electron chi connectivity index (χ2n) is 6.03. The van der Waals surface area contributed by atoms with Gasteiger partial charge < -0.3 is 14.6 Å². The van der Waals surface area contributed by atoms with E-state index < -0.39 is 6.29 Å². The lowest BCUT2D eigenvalue weighted by molar-refractivity contribution is -0.119. The summed E-state index contributed by atoms with van der Waals surface area (Å²) in [7, 11) is 0. The first kappa shape index (κ1) is 18.6. The van der Waals surface area contributed by atoms with Gasteiger partial charge in [0.25, 0.3) is 0 Å². The van der Waals surface area contributed by atoms with Crippen LogP contribution in [0, 0.1) is 27.7 Å². The van der Waals surface area contributed by atoms with Gasteiger partial charge in [-0.1, -0.05) is 36.4 Å². The first-order chi connectivity index (χ1) is 11.4. The third-order valence-electron chi connectivity index (χ3n) is 4.25. The number of aryl methyl sites for hydroxylation is 4. The van der Waals surface area contributed by atoms with Gasteiger partial charge in [0, 0.05) is 0 Å². The Morgan fingerprint density at radius 3 is 1.46 bits per heavy atom. The third kappa shape index (κ3) is 4.63. The second kappa shape index (κ2) is 8.38. The summed E-state index contributed by atoms with van der Waals surface area (Å²) in [5.41, 5.74) is 6.77. The van der Waals surface area contributed by atoms with Crippen LogP contribution in [0.4, 0.5) is 0 Å². The van der Waals surface area contributed by atoms with Gasteiger partial charge in [-0.05, 0) is 73.3 Å². The molecule has 0 aliphatic heterocycles. The Bertz CT molecular complexity index is 629. The van der Waals surface area contributed by atoms with Gasteiger partial charge >= 0.3 is 0 Å². The highest BCUT2D eigenvalue weighted by Gasteiger charge is 2.17. The minimum Gasteiger partial charge on any atom is -0.498 e. The highest BCUT2D eigenvalue weighted by molar-refractivity contribution is 7.80. The number of benzene rings is 2. The number of ether oxygens (including phenoxy) is 2. The van der Waals surface area contributed by atoms with Gasteiger partial charge in [0.1, 0.15) is 0 Å². The van der Waals surface area contributed by atoms with Crippen LogP contribution in [0.3, 0.4) is 0 Å². The Kier molecular flexibility index (Phi) is 6.49. The topological polar surface area (TPSA) is 38.7 Å². The van der Waals surface area contributed by atoms with Gasteiger partial charge in [-0.25, -0.2) is 0 Å². The van der Waals surface area contributed by atoms with Crippen LogP contribution in [-0.2, 0) is 22.7 Å². The standard InChI is InChI=1S/C20H24O3S/c1-13-7-5-8-14(2)17(13)11-22-20(19(21)24)23-12-18-15(3)9-6-10-16(18)4/h5-10,20H,11-12H2,1-4H3,(H,21,24). The maximum atomic E-state index is 9.73. The largest absolute Gasteiger partial charge is 0.498 e. The summed E-state index contributed by atoms with van der Waals surface area (Å²) in [6.07, 6.45) is -0.919. The fraction of sp³-hybridized carbons (Fsp3) is 0.350. The molecule has 0 spiro atoms. The zero-order chi connectivity index (χ0) is 17.7. The van der Waals surface area contributed by atoms with E-state index in [4.69, 9.17) is 21.7 Å². The minimum atomic E-state index is -0.919. The van der Waals surface area contributed by atoms with Crippen molar-refractivity contribution in [3.8, 4) is 0 Å². The molecule has 0 radical (unpaired) electrons. The third-order valence-corrected chi connectivity index (χ3v) is 4.44. The van der Waals surface area contributed by atoms with E-state index in [2.05, 4.69) is 0 Å². The number of hydrogen-bond donors (Lipinski definition) is 1. The molecular formula is C20H24O3S. The average molecular weight is 344 g/mol. The maximum absolute atomic E-state index is 9.73. The fourth-order valence-corrected chi connectivity index (χ4v) is 2.80. The lowest BCUT2D eigenvalue weighted by Gasteiger charge is -2.19. The summed E-state index contributed by atoms with van der Waals surface area (Å²) in [5.74, 6) is 0. The van der Waals surface area contributed by atoms with Crippen molar-refractivity contribution in [3.63, 3.8) is 0 Å². The van der Waals surface area contributed by atoms with Crippen molar-refractivity contribution in [2.75, 3.05) is 0 Å². The maximum Gasteiger partial charge on any atom is 0.228 e. The molecule has 0 bridgehead atoms. The highest BCUT2D eigenvalue weighted by atomic mass is 32.1. The van der Waals surface area contributed by atoms with Crippen LogP contribution in [-0.4, -0.2) is 16.4 Å². The van der Waals surface area contributed by atoms with Crippen LogP contribution >= 0.6 is 12.2 Å². The molecule has 0 aliphatic carbocycles. The normalized spacial score (nSPS) is 11.0. The lowest BCUT2D eigenvalue weighted by atomic mass is 10.0. The Labute approximate surface area is 149 Å². The molecule has 2 aromatic rings. The monoisotopic (exact) mass is 344 g/mol. The molecule has 24 heavy (non-hydrogen) atoms. The second-order valence-corrected chi connectivity index (χ2v) is 6.45. The predicted molar refractivity (Wildman–Crippen MR) is 100 cm³/mol. The molecule has 0 aromatic heterocycles. The van der Waals surface area contributed by atoms with Crippen molar-refractivity contribution < 1.29 is 14.6 Å².